The van der Waals surface area contributed by atoms with Crippen molar-refractivity contribution in [2.45, 2.75) is 233 Å². The van der Waals surface area contributed by atoms with Crippen LogP contribution < -0.4 is 10.9 Å². The van der Waals surface area contributed by atoms with Gasteiger partial charge in [0.25, 0.3) is 0 Å². The van der Waals surface area contributed by atoms with E-state index >= 15 is 0 Å². The van der Waals surface area contributed by atoms with Crippen molar-refractivity contribution in [3.05, 3.63) is 130 Å². The zero-order chi connectivity index (χ0) is 58.1. The zero-order valence-electron chi connectivity index (χ0n) is 53.6. The molecule has 0 nitrogen and oxygen atoms in total. The predicted octanol–water partition coefficient (Wildman–Crippen LogP) is 20.3. The van der Waals surface area contributed by atoms with Crippen LogP contribution in [0.5, 0.6) is 0 Å². The van der Waals surface area contributed by atoms with E-state index in [0.29, 0.717) is 66.5 Å². The first-order chi connectivity index (χ1) is 34.8. The van der Waals surface area contributed by atoms with Crippen molar-refractivity contribution in [3.8, 4) is 46.4 Å². The molecule has 0 saturated heterocycles. The van der Waals surface area contributed by atoms with Crippen LogP contribution in [-0.2, 0) is 0 Å². The largest absolute Gasteiger partial charge is 0.269 e. The maximum absolute atomic E-state index is 5.72. The van der Waals surface area contributed by atoms with Crippen molar-refractivity contribution < 1.29 is 18.8 Å². The molecule has 0 bridgehead atoms. The van der Waals surface area contributed by atoms with Gasteiger partial charge >= 0.3 is 0 Å². The quantitative estimate of drug-likeness (QED) is 0.0753. The van der Waals surface area contributed by atoms with Crippen molar-refractivity contribution in [3.63, 3.8) is 0 Å². The van der Waals surface area contributed by atoms with Gasteiger partial charge in [0, 0.05) is 21.2 Å². The molecule has 0 aliphatic carbocycles. The van der Waals surface area contributed by atoms with Gasteiger partial charge in [-0.25, -0.2) is 0 Å². The molecule has 4 aromatic rings. The Balaban J connectivity index is -0.000000293. The molecular formula is C68H107B2BrF4Si4. The van der Waals surface area contributed by atoms with Gasteiger partial charge in [-0.15, -0.1) is 28.6 Å². The molecule has 0 aliphatic rings. The Hall–Kier alpha value is -3.68. The monoisotopic (exact) mass is 1210 g/mol. The molecule has 0 aromatic heterocycles. The number of hydrogen-bond acceptors (Lipinski definition) is 0. The van der Waals surface area contributed by atoms with Crippen molar-refractivity contribution in [1.82, 2.24) is 0 Å². The van der Waals surface area contributed by atoms with E-state index in [-0.39, 0.29) is 18.8 Å². The van der Waals surface area contributed by atoms with Gasteiger partial charge in [-0.05, 0) is 115 Å². The van der Waals surface area contributed by atoms with E-state index in [1.54, 1.807) is 0 Å². The summed E-state index contributed by atoms with van der Waals surface area (Å²) < 4.78 is 1.13. The number of hydrogen-bond donors (Lipinski definition) is 0. The van der Waals surface area contributed by atoms with Crippen LogP contribution in [0, 0.1) is 46.4 Å². The first-order valence-corrected chi connectivity index (χ1v) is 38.1. The second kappa shape index (κ2) is 40.5. The van der Waals surface area contributed by atoms with Crippen LogP contribution in [0.2, 0.25) is 66.5 Å². The van der Waals surface area contributed by atoms with Gasteiger partial charge < -0.3 is 0 Å². The zero-order valence-corrected chi connectivity index (χ0v) is 59.1. The molecule has 0 saturated carbocycles. The van der Waals surface area contributed by atoms with Gasteiger partial charge in [0.1, 0.15) is 48.0 Å². The lowest BCUT2D eigenvalue weighted by molar-refractivity contribution is 0.838. The lowest BCUT2D eigenvalue weighted by Gasteiger charge is -2.38. The Morgan fingerprint density at radius 2 is 0.494 bits per heavy atom. The van der Waals surface area contributed by atoms with Crippen LogP contribution in [0.4, 0.5) is 18.8 Å². The molecule has 0 fully saturated rings. The van der Waals surface area contributed by atoms with Gasteiger partial charge in [0.05, 0.1) is 0 Å². The topological polar surface area (TPSA) is 0 Å². The molecule has 0 atom stereocenters. The first-order valence-electron chi connectivity index (χ1n) is 28.3. The molecule has 0 heterocycles. The third-order valence-electron chi connectivity index (χ3n) is 16.3. The lowest BCUT2D eigenvalue weighted by Crippen LogP contribution is -2.43. The minimum Gasteiger partial charge on any atom is -0.269 e. The van der Waals surface area contributed by atoms with Crippen molar-refractivity contribution in [1.29, 1.82) is 0 Å². The summed E-state index contributed by atoms with van der Waals surface area (Å²) in [5.41, 5.74) is 27.5. The summed E-state index contributed by atoms with van der Waals surface area (Å²) in [6, 6.07) is 36.1. The summed E-state index contributed by atoms with van der Waals surface area (Å²) in [5, 5.41) is 0. The van der Waals surface area contributed by atoms with E-state index in [1.807, 2.05) is 84.9 Å². The number of rotatable bonds is 12. The standard InChI is InChI=1S/2C17H25BSi.C17H26Si.C11H22Si.C6H5Br.4FH/c2*1-13(2)19(14(3)4,15(5)6)12-11-16-7-9-17(18)10-8-16;1-14(2)18(15(3)4,16(5)6)13-12-17-10-8-7-9-11-17;1-8-12(9(2)3,10(4)5)11(6)7;7-6-4-2-1-3-5-6;;;;/h2*7-10,13-15H,1-6H3;7-11,14-16H,1-6H3;1,9-11H,2-7H3;1-5H;4*1H. The van der Waals surface area contributed by atoms with Gasteiger partial charge in [0.2, 0.25) is 0 Å². The number of benzene rings is 4. The molecule has 0 N–H and O–H groups in total. The summed E-state index contributed by atoms with van der Waals surface area (Å²) >= 11 is 3.31. The highest BCUT2D eigenvalue weighted by molar-refractivity contribution is 9.10. The summed E-state index contributed by atoms with van der Waals surface area (Å²) in [7, 11) is 5.15. The summed E-state index contributed by atoms with van der Waals surface area (Å²) in [6.07, 6.45) is 5.72. The molecule has 436 valence electrons. The van der Waals surface area contributed by atoms with Gasteiger partial charge in [-0.3, -0.25) is 18.8 Å². The van der Waals surface area contributed by atoms with Crippen LogP contribution in [0.15, 0.2) is 114 Å². The molecule has 0 unspecified atom stereocenters. The minimum absolute atomic E-state index is 0. The second-order valence-electron chi connectivity index (χ2n) is 24.4. The fraction of sp³-hybridized carbons (Fsp3) is 0.529. The minimum atomic E-state index is -1.62. The van der Waals surface area contributed by atoms with E-state index in [0.717, 1.165) is 32.1 Å². The van der Waals surface area contributed by atoms with Crippen LogP contribution in [0.25, 0.3) is 0 Å². The van der Waals surface area contributed by atoms with Crippen molar-refractivity contribution >= 4 is 74.8 Å². The highest BCUT2D eigenvalue weighted by atomic mass is 79.9. The van der Waals surface area contributed by atoms with Gasteiger partial charge in [0.15, 0.2) is 0 Å². The summed E-state index contributed by atoms with van der Waals surface area (Å²) in [6.45, 7) is 55.9. The molecule has 0 spiro atoms. The average Bonchev–Trinajstić information content (AvgIpc) is 3.31. The fourth-order valence-corrected chi connectivity index (χ4v) is 33.4. The maximum Gasteiger partial charge on any atom is 0.146 e. The molecule has 11 heteroatoms. The van der Waals surface area contributed by atoms with E-state index in [1.165, 1.54) is 0 Å². The van der Waals surface area contributed by atoms with Crippen LogP contribution in [0.3, 0.4) is 0 Å². The van der Waals surface area contributed by atoms with Crippen LogP contribution >= 0.6 is 15.9 Å². The van der Waals surface area contributed by atoms with Gasteiger partial charge in [-0.1, -0.05) is 271 Å². The third kappa shape index (κ3) is 24.7. The Morgan fingerprint density at radius 1 is 0.304 bits per heavy atom. The van der Waals surface area contributed by atoms with E-state index in [9.17, 15) is 0 Å². The van der Waals surface area contributed by atoms with E-state index in [2.05, 4.69) is 246 Å². The van der Waals surface area contributed by atoms with Gasteiger partial charge in [-0.2, -0.15) is 0 Å². The van der Waals surface area contributed by atoms with Crippen LogP contribution in [-0.4, -0.2) is 48.0 Å². The lowest BCUT2D eigenvalue weighted by atomic mass is 9.95. The van der Waals surface area contributed by atoms with Crippen molar-refractivity contribution in [2.24, 2.45) is 0 Å². The van der Waals surface area contributed by atoms with E-state index in [4.69, 9.17) is 22.1 Å². The normalized spacial score (nSPS) is 11.1. The molecule has 79 heavy (non-hydrogen) atoms. The molecule has 0 aliphatic heterocycles. The van der Waals surface area contributed by atoms with E-state index < -0.39 is 32.3 Å². The second-order valence-corrected chi connectivity index (χ2v) is 47.7. The predicted molar refractivity (Wildman–Crippen MR) is 368 cm³/mol. The molecule has 4 rings (SSSR count). The molecular weight excluding hydrogens is 1110 g/mol. The van der Waals surface area contributed by atoms with Crippen LogP contribution in [0.1, 0.15) is 183 Å². The maximum atomic E-state index is 5.72. The Bertz CT molecular complexity index is 2270. The molecule has 4 aromatic carbocycles. The highest BCUT2D eigenvalue weighted by Crippen LogP contribution is 2.43. The highest BCUT2D eigenvalue weighted by Gasteiger charge is 2.44. The molecule has 0 amide bonds. The molecule has 4 radical (unpaired) electrons. The number of terminal acetylenes is 1. The average molecular weight is 1210 g/mol. The Labute approximate surface area is 499 Å². The van der Waals surface area contributed by atoms with Crippen molar-refractivity contribution in [2.75, 3.05) is 0 Å². The Morgan fingerprint density at radius 3 is 0.646 bits per heavy atom. The summed E-state index contributed by atoms with van der Waals surface area (Å²) in [5.74, 6) is 10.3. The number of halogens is 5. The fourth-order valence-electron chi connectivity index (χ4n) is 12.4. The third-order valence-corrected chi connectivity index (χ3v) is 41.9. The first kappa shape index (κ1) is 84.1. The SMILES string of the molecule is Brc1ccccc1.C#C[Si](C(C)C)(C(C)C)C(C)C.CC(C)[Si](C#Cc1ccccc1)(C(C)C)C(C)C.F.F.F.F.[B]c1ccc(C#C[Si](C(C)C)(C(C)C)C(C)C)cc1.[B]c1ccc(C#C[Si](C(C)C)(C(C)C)C(C)C)cc1. The smallest absolute Gasteiger partial charge is 0.146 e. The Kier molecular flexibility index (Phi) is 43.1. The summed E-state index contributed by atoms with van der Waals surface area (Å²) in [4.78, 5) is 0.